The van der Waals surface area contributed by atoms with Gasteiger partial charge in [-0.05, 0) is 39.7 Å². The van der Waals surface area contributed by atoms with Crippen molar-refractivity contribution < 1.29 is 0 Å². The number of nitrogens with zero attached hydrogens (tertiary/aromatic N) is 3. The lowest BCUT2D eigenvalue weighted by Gasteiger charge is -2.35. The third-order valence-electron chi connectivity index (χ3n) is 4.27. The van der Waals surface area contributed by atoms with Gasteiger partial charge in [0.05, 0.1) is 6.54 Å². The van der Waals surface area contributed by atoms with Crippen molar-refractivity contribution in [2.45, 2.75) is 46.6 Å². The molecular weight excluding hydrogens is 274 g/mol. The van der Waals surface area contributed by atoms with Gasteiger partial charge in [-0.3, -0.25) is 9.89 Å². The van der Waals surface area contributed by atoms with Gasteiger partial charge in [0.25, 0.3) is 0 Å². The van der Waals surface area contributed by atoms with Crippen LogP contribution in [0.5, 0.6) is 0 Å². The summed E-state index contributed by atoms with van der Waals surface area (Å²) in [5.41, 5.74) is 0. The zero-order valence-electron chi connectivity index (χ0n) is 15.4. The number of hydrogen-bond acceptors (Lipinski definition) is 3. The molecule has 0 aromatic rings. The van der Waals surface area contributed by atoms with Gasteiger partial charge in [-0.25, -0.2) is 0 Å². The van der Waals surface area contributed by atoms with E-state index in [1.54, 1.807) is 0 Å². The molecule has 5 nitrogen and oxygen atoms in total. The van der Waals surface area contributed by atoms with Crippen LogP contribution in [-0.4, -0.2) is 74.7 Å². The predicted molar refractivity (Wildman–Crippen MR) is 96.6 cm³/mol. The van der Waals surface area contributed by atoms with Gasteiger partial charge in [-0.15, -0.1) is 0 Å². The zero-order valence-corrected chi connectivity index (χ0v) is 15.4. The second-order valence-electron chi connectivity index (χ2n) is 6.87. The van der Waals surface area contributed by atoms with Gasteiger partial charge in [0, 0.05) is 45.3 Å². The lowest BCUT2D eigenvalue weighted by Crippen LogP contribution is -2.49. The van der Waals surface area contributed by atoms with E-state index in [1.165, 1.54) is 25.9 Å². The van der Waals surface area contributed by atoms with E-state index in [-0.39, 0.29) is 0 Å². The number of hydrogen-bond donors (Lipinski definition) is 2. The Morgan fingerprint density at radius 2 is 1.77 bits per heavy atom. The summed E-state index contributed by atoms with van der Waals surface area (Å²) in [6, 6.07) is 0.514. The number of likely N-dealkylation sites (N-methyl/N-ethyl adjacent to an activating group) is 1. The smallest absolute Gasteiger partial charge is 0.191 e. The summed E-state index contributed by atoms with van der Waals surface area (Å²) >= 11 is 0. The summed E-state index contributed by atoms with van der Waals surface area (Å²) in [6.07, 6.45) is 2.47. The highest BCUT2D eigenvalue weighted by atomic mass is 15.3. The summed E-state index contributed by atoms with van der Waals surface area (Å²) in [5.74, 6) is 1.74. The Morgan fingerprint density at radius 1 is 1.09 bits per heavy atom. The van der Waals surface area contributed by atoms with E-state index < -0.39 is 0 Å². The summed E-state index contributed by atoms with van der Waals surface area (Å²) in [7, 11) is 2.20. The zero-order chi connectivity index (χ0) is 16.4. The highest BCUT2D eigenvalue weighted by Crippen LogP contribution is 2.05. The Morgan fingerprint density at radius 3 is 2.36 bits per heavy atom. The molecule has 22 heavy (non-hydrogen) atoms. The van der Waals surface area contributed by atoms with Crippen LogP contribution in [0.2, 0.25) is 0 Å². The number of nitrogens with one attached hydrogen (secondary N) is 2. The monoisotopic (exact) mass is 311 g/mol. The summed E-state index contributed by atoms with van der Waals surface area (Å²) < 4.78 is 0. The number of rotatable bonds is 8. The van der Waals surface area contributed by atoms with Crippen LogP contribution in [0.1, 0.15) is 40.5 Å². The average molecular weight is 312 g/mol. The second kappa shape index (κ2) is 10.8. The Hall–Kier alpha value is -0.810. The highest BCUT2D eigenvalue weighted by Gasteiger charge is 2.18. The Balaban J connectivity index is 2.33. The van der Waals surface area contributed by atoms with Crippen LogP contribution in [-0.2, 0) is 0 Å². The SMILES string of the molecule is CCNC(=NCC(C)N1CCN(C)CC1)NCCCC(C)C. The largest absolute Gasteiger partial charge is 0.357 e. The topological polar surface area (TPSA) is 42.9 Å². The third kappa shape index (κ3) is 7.99. The number of aliphatic imine (C=N–C) groups is 1. The van der Waals surface area contributed by atoms with Crippen LogP contribution >= 0.6 is 0 Å². The van der Waals surface area contributed by atoms with Crippen LogP contribution in [0.15, 0.2) is 4.99 Å². The lowest BCUT2D eigenvalue weighted by molar-refractivity contribution is 0.122. The molecule has 1 unspecified atom stereocenters. The minimum Gasteiger partial charge on any atom is -0.357 e. The predicted octanol–water partition coefficient (Wildman–Crippen LogP) is 1.61. The third-order valence-corrected chi connectivity index (χ3v) is 4.27. The Labute approximate surface area is 137 Å². The highest BCUT2D eigenvalue weighted by molar-refractivity contribution is 5.79. The van der Waals surface area contributed by atoms with Gasteiger partial charge >= 0.3 is 0 Å². The summed E-state index contributed by atoms with van der Waals surface area (Å²) in [4.78, 5) is 9.71. The quantitative estimate of drug-likeness (QED) is 0.406. The van der Waals surface area contributed by atoms with E-state index >= 15 is 0 Å². The van der Waals surface area contributed by atoms with Gasteiger partial charge in [-0.2, -0.15) is 0 Å². The molecule has 5 heteroatoms. The van der Waals surface area contributed by atoms with Gasteiger partial charge in [-0.1, -0.05) is 13.8 Å². The minimum absolute atomic E-state index is 0.514. The van der Waals surface area contributed by atoms with Crippen LogP contribution in [0.25, 0.3) is 0 Å². The molecule has 1 aliphatic rings. The lowest BCUT2D eigenvalue weighted by atomic mass is 10.1. The molecule has 0 bridgehead atoms. The molecule has 0 aliphatic carbocycles. The molecule has 0 aromatic heterocycles. The van der Waals surface area contributed by atoms with E-state index in [0.29, 0.717) is 6.04 Å². The van der Waals surface area contributed by atoms with Crippen molar-refractivity contribution in [2.24, 2.45) is 10.9 Å². The number of piperazine rings is 1. The molecule has 2 N–H and O–H groups in total. The second-order valence-corrected chi connectivity index (χ2v) is 6.87. The fraction of sp³-hybridized carbons (Fsp3) is 0.941. The Kier molecular flexibility index (Phi) is 9.48. The first kappa shape index (κ1) is 19.2. The van der Waals surface area contributed by atoms with Crippen LogP contribution < -0.4 is 10.6 Å². The first-order chi connectivity index (χ1) is 10.5. The van der Waals surface area contributed by atoms with Gasteiger partial charge in [0.1, 0.15) is 0 Å². The first-order valence-electron chi connectivity index (χ1n) is 8.97. The van der Waals surface area contributed by atoms with Gasteiger partial charge in [0.15, 0.2) is 5.96 Å². The standard InChI is InChI=1S/C17H37N5/c1-6-18-17(19-9-7-8-15(2)3)20-14-16(4)22-12-10-21(5)11-13-22/h15-16H,6-14H2,1-5H3,(H2,18,19,20). The maximum Gasteiger partial charge on any atom is 0.191 e. The summed E-state index contributed by atoms with van der Waals surface area (Å²) in [6.45, 7) is 16.4. The van der Waals surface area contributed by atoms with E-state index in [0.717, 1.165) is 44.6 Å². The van der Waals surface area contributed by atoms with Crippen LogP contribution in [0, 0.1) is 5.92 Å². The molecular formula is C17H37N5. The first-order valence-corrected chi connectivity index (χ1v) is 8.97. The molecule has 1 rings (SSSR count). The average Bonchev–Trinajstić information content (AvgIpc) is 2.49. The van der Waals surface area contributed by atoms with E-state index in [9.17, 15) is 0 Å². The fourth-order valence-corrected chi connectivity index (χ4v) is 2.66. The van der Waals surface area contributed by atoms with Crippen molar-refractivity contribution in [1.82, 2.24) is 20.4 Å². The molecule has 1 atom stereocenters. The van der Waals surface area contributed by atoms with Crippen LogP contribution in [0.4, 0.5) is 0 Å². The normalized spacial score (nSPS) is 19.5. The van der Waals surface area contributed by atoms with Crippen molar-refractivity contribution >= 4 is 5.96 Å². The minimum atomic E-state index is 0.514. The van der Waals surface area contributed by atoms with Crippen molar-refractivity contribution in [3.63, 3.8) is 0 Å². The molecule has 1 fully saturated rings. The maximum absolute atomic E-state index is 4.76. The van der Waals surface area contributed by atoms with E-state index in [1.807, 2.05) is 0 Å². The van der Waals surface area contributed by atoms with Crippen molar-refractivity contribution in [2.75, 3.05) is 52.9 Å². The van der Waals surface area contributed by atoms with Crippen LogP contribution in [0.3, 0.4) is 0 Å². The molecule has 0 amide bonds. The molecule has 1 heterocycles. The van der Waals surface area contributed by atoms with Crippen molar-refractivity contribution in [3.05, 3.63) is 0 Å². The van der Waals surface area contributed by atoms with Gasteiger partial charge in [0.2, 0.25) is 0 Å². The molecule has 0 spiro atoms. The number of guanidine groups is 1. The maximum atomic E-state index is 4.76. The molecule has 1 aliphatic heterocycles. The summed E-state index contributed by atoms with van der Waals surface area (Å²) in [5, 5.41) is 6.80. The van der Waals surface area contributed by atoms with Gasteiger partial charge < -0.3 is 15.5 Å². The fourth-order valence-electron chi connectivity index (χ4n) is 2.66. The molecule has 1 saturated heterocycles. The molecule has 0 saturated carbocycles. The molecule has 0 aromatic carbocycles. The van der Waals surface area contributed by atoms with E-state index in [2.05, 4.69) is 55.2 Å². The van der Waals surface area contributed by atoms with E-state index in [4.69, 9.17) is 4.99 Å². The Bertz CT molecular complexity index is 308. The molecule has 130 valence electrons. The van der Waals surface area contributed by atoms with Crippen molar-refractivity contribution in [3.8, 4) is 0 Å². The van der Waals surface area contributed by atoms with Crippen molar-refractivity contribution in [1.29, 1.82) is 0 Å². The molecule has 0 radical (unpaired) electrons.